The van der Waals surface area contributed by atoms with E-state index < -0.39 is 78.4 Å². The second kappa shape index (κ2) is 14.2. The van der Waals surface area contributed by atoms with Crippen LogP contribution in [0.25, 0.3) is 0 Å². The first kappa shape index (κ1) is 29.1. The first-order chi connectivity index (χ1) is 14.8. The van der Waals surface area contributed by atoms with Crippen LogP contribution in [0.1, 0.15) is 33.1 Å². The lowest BCUT2D eigenvalue weighted by molar-refractivity contribution is -0.143. The number of nitrogens with one attached hydrogen (secondary N) is 3. The largest absolute Gasteiger partial charge is 0.480 e. The summed E-state index contributed by atoms with van der Waals surface area (Å²) in [7, 11) is 0. The Morgan fingerprint density at radius 3 is 1.81 bits per heavy atom. The Hall–Kier alpha value is -2.87. The molecular weight excluding hydrogens is 444 g/mol. The summed E-state index contributed by atoms with van der Waals surface area (Å²) in [5, 5.41) is 16.3. The molecule has 4 unspecified atom stereocenters. The van der Waals surface area contributed by atoms with Crippen molar-refractivity contribution in [3.05, 3.63) is 0 Å². The summed E-state index contributed by atoms with van der Waals surface area (Å²) in [5.74, 6) is -5.41. The third-order valence-electron chi connectivity index (χ3n) is 4.27. The van der Waals surface area contributed by atoms with E-state index in [2.05, 4.69) is 16.0 Å². The number of amides is 5. The highest BCUT2D eigenvalue weighted by Gasteiger charge is 2.32. The fourth-order valence-corrected chi connectivity index (χ4v) is 3.02. The van der Waals surface area contributed by atoms with E-state index in [0.29, 0.717) is 5.75 Å². The smallest absolute Gasteiger partial charge is 0.326 e. The summed E-state index contributed by atoms with van der Waals surface area (Å²) in [6.07, 6.45) is 0.906. The van der Waals surface area contributed by atoms with Gasteiger partial charge in [0.25, 0.3) is 0 Å². The van der Waals surface area contributed by atoms with E-state index in [9.17, 15) is 33.9 Å². The summed E-state index contributed by atoms with van der Waals surface area (Å²) >= 11 is 1.39. The molecule has 32 heavy (non-hydrogen) atoms. The van der Waals surface area contributed by atoms with Crippen LogP contribution >= 0.6 is 11.8 Å². The van der Waals surface area contributed by atoms with Gasteiger partial charge in [-0.3, -0.25) is 24.0 Å². The normalized spacial score (nSPS) is 14.5. The Labute approximate surface area is 189 Å². The van der Waals surface area contributed by atoms with E-state index in [-0.39, 0.29) is 6.42 Å². The summed E-state index contributed by atoms with van der Waals surface area (Å²) in [6, 6.07) is -5.03. The van der Waals surface area contributed by atoms with Crippen LogP contribution in [-0.2, 0) is 28.8 Å². The number of carbonyl (C=O) groups is 6. The molecule has 0 radical (unpaired) electrons. The molecule has 0 aliphatic heterocycles. The predicted octanol–water partition coefficient (Wildman–Crippen LogP) is -2.99. The quantitative estimate of drug-likeness (QED) is 0.127. The van der Waals surface area contributed by atoms with Crippen molar-refractivity contribution in [2.24, 2.45) is 23.1 Å². The molecule has 0 aliphatic rings. The van der Waals surface area contributed by atoms with E-state index >= 15 is 0 Å². The van der Waals surface area contributed by atoms with Gasteiger partial charge in [0.05, 0.1) is 18.9 Å². The number of carboxylic acids is 1. The van der Waals surface area contributed by atoms with Crippen molar-refractivity contribution >= 4 is 47.3 Å². The van der Waals surface area contributed by atoms with Crippen molar-refractivity contribution < 1.29 is 33.9 Å². The fraction of sp³-hybridized carbons (Fsp3) is 0.667. The van der Waals surface area contributed by atoms with Crippen LogP contribution in [0.4, 0.5) is 0 Å². The molecular formula is C18H32N6O7S. The molecule has 0 saturated carbocycles. The Bertz CT molecular complexity index is 718. The molecule has 182 valence electrons. The second-order valence-corrected chi connectivity index (χ2v) is 8.41. The van der Waals surface area contributed by atoms with E-state index in [0.717, 1.165) is 0 Å². The summed E-state index contributed by atoms with van der Waals surface area (Å²) in [5.41, 5.74) is 15.6. The van der Waals surface area contributed by atoms with Crippen LogP contribution in [0.3, 0.4) is 0 Å². The summed E-state index contributed by atoms with van der Waals surface area (Å²) in [4.78, 5) is 70.9. The molecule has 0 aromatic carbocycles. The first-order valence-electron chi connectivity index (χ1n) is 9.75. The molecule has 14 heteroatoms. The maximum Gasteiger partial charge on any atom is 0.326 e. The third-order valence-corrected chi connectivity index (χ3v) is 4.91. The number of hydrogen-bond acceptors (Lipinski definition) is 8. The Morgan fingerprint density at radius 2 is 1.38 bits per heavy atom. The molecule has 13 nitrogen and oxygen atoms in total. The average Bonchev–Trinajstić information content (AvgIpc) is 2.66. The lowest BCUT2D eigenvalue weighted by Crippen LogP contribution is -2.58. The topological polar surface area (TPSA) is 237 Å². The average molecular weight is 477 g/mol. The second-order valence-electron chi connectivity index (χ2n) is 7.42. The highest BCUT2D eigenvalue weighted by Crippen LogP contribution is 2.07. The predicted molar refractivity (Wildman–Crippen MR) is 117 cm³/mol. The van der Waals surface area contributed by atoms with Crippen LogP contribution in [0.2, 0.25) is 0 Å². The molecule has 0 saturated heterocycles. The van der Waals surface area contributed by atoms with Crippen LogP contribution in [0.5, 0.6) is 0 Å². The van der Waals surface area contributed by atoms with Crippen molar-refractivity contribution in [1.29, 1.82) is 0 Å². The van der Waals surface area contributed by atoms with Crippen LogP contribution in [0, 0.1) is 5.92 Å². The van der Waals surface area contributed by atoms with E-state index in [1.54, 1.807) is 20.1 Å². The van der Waals surface area contributed by atoms with E-state index in [4.69, 9.17) is 17.2 Å². The van der Waals surface area contributed by atoms with Crippen LogP contribution in [-0.4, -0.2) is 76.8 Å². The zero-order chi connectivity index (χ0) is 25.0. The monoisotopic (exact) mass is 476 g/mol. The summed E-state index contributed by atoms with van der Waals surface area (Å²) in [6.45, 7) is 3.29. The number of carboxylic acid groups (broad SMARTS) is 1. The minimum absolute atomic E-state index is 0.154. The molecule has 4 atom stereocenters. The molecule has 10 N–H and O–H groups in total. The van der Waals surface area contributed by atoms with E-state index in [1.165, 1.54) is 11.8 Å². The van der Waals surface area contributed by atoms with Crippen molar-refractivity contribution in [3.8, 4) is 0 Å². The van der Waals surface area contributed by atoms with Gasteiger partial charge in [0, 0.05) is 0 Å². The highest BCUT2D eigenvalue weighted by atomic mass is 32.2. The number of carbonyl (C=O) groups excluding carboxylic acids is 5. The molecule has 0 bridgehead atoms. The molecule has 0 rings (SSSR count). The molecule has 0 aromatic heterocycles. The standard InChI is InChI=1S/C18H32N6O7S/c1-8(2)14(24-15(27)9(19)6-12(20)25)17(29)22-10(4-5-32-3)16(28)23-11(18(30)31)7-13(21)26/h8-11,14H,4-7,19H2,1-3H3,(H2,20,25)(H2,21,26)(H,22,29)(H,23,28)(H,24,27)(H,30,31). The number of thioether (sulfide) groups is 1. The minimum atomic E-state index is -1.55. The maximum absolute atomic E-state index is 12.8. The number of nitrogens with two attached hydrogens (primary N) is 3. The SMILES string of the molecule is CSCCC(NC(=O)C(NC(=O)C(N)CC(N)=O)C(C)C)C(=O)NC(CC(N)=O)C(=O)O. The molecule has 0 heterocycles. The molecule has 0 spiro atoms. The lowest BCUT2D eigenvalue weighted by Gasteiger charge is -2.26. The third kappa shape index (κ3) is 10.9. The van der Waals surface area contributed by atoms with Crippen LogP contribution in [0.15, 0.2) is 0 Å². The Kier molecular flexibility index (Phi) is 13.0. The van der Waals surface area contributed by atoms with Gasteiger partial charge in [-0.2, -0.15) is 11.8 Å². The van der Waals surface area contributed by atoms with Gasteiger partial charge in [-0.25, -0.2) is 4.79 Å². The Balaban J connectivity index is 5.41. The molecule has 0 aliphatic carbocycles. The van der Waals surface area contributed by atoms with Crippen molar-refractivity contribution in [2.75, 3.05) is 12.0 Å². The van der Waals surface area contributed by atoms with Gasteiger partial charge < -0.3 is 38.3 Å². The van der Waals surface area contributed by atoms with Crippen molar-refractivity contribution in [3.63, 3.8) is 0 Å². The fourth-order valence-electron chi connectivity index (χ4n) is 2.54. The molecule has 0 aromatic rings. The van der Waals surface area contributed by atoms with Gasteiger partial charge in [0.15, 0.2) is 0 Å². The molecule has 5 amide bonds. The zero-order valence-corrected chi connectivity index (χ0v) is 19.1. The van der Waals surface area contributed by atoms with Gasteiger partial charge in [-0.15, -0.1) is 0 Å². The minimum Gasteiger partial charge on any atom is -0.480 e. The summed E-state index contributed by atoms with van der Waals surface area (Å²) < 4.78 is 0. The number of primary amides is 2. The van der Waals surface area contributed by atoms with Crippen LogP contribution < -0.4 is 33.2 Å². The van der Waals surface area contributed by atoms with Crippen molar-refractivity contribution in [1.82, 2.24) is 16.0 Å². The van der Waals surface area contributed by atoms with Gasteiger partial charge in [-0.1, -0.05) is 13.8 Å². The van der Waals surface area contributed by atoms with E-state index in [1.807, 2.05) is 0 Å². The number of rotatable bonds is 15. The Morgan fingerprint density at radius 1 is 0.844 bits per heavy atom. The highest BCUT2D eigenvalue weighted by molar-refractivity contribution is 7.98. The van der Waals surface area contributed by atoms with Gasteiger partial charge >= 0.3 is 5.97 Å². The number of aliphatic carboxylic acids is 1. The lowest BCUT2D eigenvalue weighted by atomic mass is 10.0. The van der Waals surface area contributed by atoms with Gasteiger partial charge in [0.2, 0.25) is 29.5 Å². The van der Waals surface area contributed by atoms with Gasteiger partial charge in [0.1, 0.15) is 18.1 Å². The van der Waals surface area contributed by atoms with Gasteiger partial charge in [-0.05, 0) is 24.3 Å². The van der Waals surface area contributed by atoms with Crippen molar-refractivity contribution in [2.45, 2.75) is 57.3 Å². The zero-order valence-electron chi connectivity index (χ0n) is 18.3. The number of hydrogen-bond donors (Lipinski definition) is 7. The first-order valence-corrected chi connectivity index (χ1v) is 11.1. The molecule has 0 fully saturated rings. The maximum atomic E-state index is 12.8.